The largest absolute Gasteiger partial charge is 0.481 e. The van der Waals surface area contributed by atoms with Gasteiger partial charge in [-0.15, -0.1) is 0 Å². The highest BCUT2D eigenvalue weighted by Gasteiger charge is 2.27. The van der Waals surface area contributed by atoms with Gasteiger partial charge < -0.3 is 25.5 Å². The van der Waals surface area contributed by atoms with Gasteiger partial charge in [0, 0.05) is 13.1 Å². The second kappa shape index (κ2) is 10.4. The van der Waals surface area contributed by atoms with Gasteiger partial charge in [-0.25, -0.2) is 4.79 Å². The lowest BCUT2D eigenvalue weighted by Gasteiger charge is -2.31. The molecule has 0 spiro atoms. The molecule has 1 saturated carbocycles. The Labute approximate surface area is 159 Å². The molecule has 0 radical (unpaired) electrons. The fraction of sp³-hybridized carbons (Fsp3) is 0.737. The summed E-state index contributed by atoms with van der Waals surface area (Å²) in [6.07, 6.45) is 7.69. The second-order valence-electron chi connectivity index (χ2n) is 7.59. The quantitative estimate of drug-likeness (QED) is 0.458. The maximum absolute atomic E-state index is 12.1. The molecule has 4 N–H and O–H groups in total. The Morgan fingerprint density at radius 2 is 1.81 bits per heavy atom. The topological polar surface area (TPSA) is 127 Å². The van der Waals surface area contributed by atoms with Crippen LogP contribution in [0.25, 0.3) is 0 Å². The number of aliphatic carboxylic acids is 2. The molecule has 1 aliphatic carbocycles. The highest BCUT2D eigenvalue weighted by molar-refractivity contribution is 5.91. The number of hydrogen-bond donors (Lipinski definition) is 4. The number of likely N-dealkylation sites (tertiary alicyclic amines) is 1. The SMILES string of the molecule is O=C(C=CC1CCC(O)CC1)NC(CCN1CCCC(C(=O)O)C1)C(=O)O. The summed E-state index contributed by atoms with van der Waals surface area (Å²) in [6, 6.07) is -1.000. The van der Waals surface area contributed by atoms with Gasteiger partial charge in [-0.3, -0.25) is 9.59 Å². The number of nitrogens with one attached hydrogen (secondary N) is 1. The van der Waals surface area contributed by atoms with E-state index in [4.69, 9.17) is 5.11 Å². The van der Waals surface area contributed by atoms with E-state index in [2.05, 4.69) is 5.32 Å². The van der Waals surface area contributed by atoms with Crippen molar-refractivity contribution in [3.63, 3.8) is 0 Å². The van der Waals surface area contributed by atoms with E-state index in [-0.39, 0.29) is 18.4 Å². The first-order chi connectivity index (χ1) is 12.8. The third kappa shape index (κ3) is 7.30. The Hall–Kier alpha value is -1.93. The van der Waals surface area contributed by atoms with E-state index in [0.29, 0.717) is 19.5 Å². The smallest absolute Gasteiger partial charge is 0.326 e. The number of carbonyl (C=O) groups is 3. The first kappa shape index (κ1) is 21.4. The number of allylic oxidation sites excluding steroid dienone is 1. The molecule has 152 valence electrons. The third-order valence-electron chi connectivity index (χ3n) is 5.46. The van der Waals surface area contributed by atoms with Crippen molar-refractivity contribution >= 4 is 17.8 Å². The molecule has 0 aromatic carbocycles. The van der Waals surface area contributed by atoms with Crippen molar-refractivity contribution in [2.75, 3.05) is 19.6 Å². The Morgan fingerprint density at radius 1 is 1.11 bits per heavy atom. The highest BCUT2D eigenvalue weighted by atomic mass is 16.4. The molecular weight excluding hydrogens is 352 g/mol. The number of piperidine rings is 1. The molecule has 1 heterocycles. The van der Waals surface area contributed by atoms with E-state index < -0.39 is 29.8 Å². The standard InChI is InChI=1S/C19H30N2O6/c22-15-6-3-13(4-7-15)5-8-17(23)20-16(19(26)27)9-11-21-10-1-2-14(12-21)18(24)25/h5,8,13-16,22H,1-4,6-7,9-12H2,(H,20,23)(H,24,25)(H,26,27). The fourth-order valence-corrected chi connectivity index (χ4v) is 3.77. The van der Waals surface area contributed by atoms with E-state index in [1.54, 1.807) is 6.08 Å². The molecule has 2 aliphatic rings. The van der Waals surface area contributed by atoms with Gasteiger partial charge in [0.25, 0.3) is 0 Å². The molecule has 2 atom stereocenters. The molecule has 0 bridgehead atoms. The molecule has 2 rings (SSSR count). The minimum Gasteiger partial charge on any atom is -0.481 e. The van der Waals surface area contributed by atoms with Gasteiger partial charge in [0.05, 0.1) is 12.0 Å². The van der Waals surface area contributed by atoms with Gasteiger partial charge in [-0.05, 0) is 63.5 Å². The number of aliphatic hydroxyl groups excluding tert-OH is 1. The van der Waals surface area contributed by atoms with Crippen molar-refractivity contribution in [2.24, 2.45) is 11.8 Å². The summed E-state index contributed by atoms with van der Waals surface area (Å²) >= 11 is 0. The van der Waals surface area contributed by atoms with Crippen molar-refractivity contribution in [1.82, 2.24) is 10.2 Å². The summed E-state index contributed by atoms with van der Waals surface area (Å²) in [6.45, 7) is 1.60. The number of carboxylic acids is 2. The summed E-state index contributed by atoms with van der Waals surface area (Å²) in [4.78, 5) is 36.6. The third-order valence-corrected chi connectivity index (χ3v) is 5.46. The minimum atomic E-state index is -1.09. The zero-order valence-electron chi connectivity index (χ0n) is 15.5. The van der Waals surface area contributed by atoms with Crippen LogP contribution in [0.3, 0.4) is 0 Å². The number of rotatable bonds is 8. The van der Waals surface area contributed by atoms with Crippen LogP contribution < -0.4 is 5.32 Å². The van der Waals surface area contributed by atoms with Gasteiger partial charge in [0.15, 0.2) is 0 Å². The molecule has 8 nitrogen and oxygen atoms in total. The summed E-state index contributed by atoms with van der Waals surface area (Å²) in [5, 5.41) is 30.5. The normalized spacial score (nSPS) is 28.0. The zero-order valence-corrected chi connectivity index (χ0v) is 15.5. The first-order valence-corrected chi connectivity index (χ1v) is 9.70. The van der Waals surface area contributed by atoms with Gasteiger partial charge in [0.2, 0.25) is 5.91 Å². The molecule has 2 unspecified atom stereocenters. The van der Waals surface area contributed by atoms with Crippen LogP contribution >= 0.6 is 0 Å². The molecule has 2 fully saturated rings. The van der Waals surface area contributed by atoms with Gasteiger partial charge in [-0.1, -0.05) is 6.08 Å². The average molecular weight is 382 g/mol. The van der Waals surface area contributed by atoms with Crippen LogP contribution in [0.2, 0.25) is 0 Å². The maximum atomic E-state index is 12.1. The van der Waals surface area contributed by atoms with Gasteiger partial charge in [0.1, 0.15) is 6.04 Å². The van der Waals surface area contributed by atoms with Crippen LogP contribution in [0.15, 0.2) is 12.2 Å². The van der Waals surface area contributed by atoms with Crippen molar-refractivity contribution in [3.8, 4) is 0 Å². The van der Waals surface area contributed by atoms with Gasteiger partial charge in [-0.2, -0.15) is 0 Å². The number of nitrogens with zero attached hydrogens (tertiary/aromatic N) is 1. The second-order valence-corrected chi connectivity index (χ2v) is 7.59. The van der Waals surface area contributed by atoms with Crippen LogP contribution in [0.4, 0.5) is 0 Å². The molecule has 0 aromatic rings. The molecular formula is C19H30N2O6. The number of carbonyl (C=O) groups excluding carboxylic acids is 1. The Bertz CT molecular complexity index is 556. The predicted octanol–water partition coefficient (Wildman–Crippen LogP) is 0.850. The lowest BCUT2D eigenvalue weighted by molar-refractivity contribution is -0.144. The van der Waals surface area contributed by atoms with E-state index >= 15 is 0 Å². The van der Waals surface area contributed by atoms with E-state index in [9.17, 15) is 24.6 Å². The number of hydrogen-bond acceptors (Lipinski definition) is 5. The van der Waals surface area contributed by atoms with Gasteiger partial charge >= 0.3 is 11.9 Å². The lowest BCUT2D eigenvalue weighted by atomic mass is 9.87. The summed E-state index contributed by atoms with van der Waals surface area (Å²) in [5.74, 6) is -2.51. The molecule has 1 saturated heterocycles. The number of carboxylic acid groups (broad SMARTS) is 2. The van der Waals surface area contributed by atoms with Crippen LogP contribution in [-0.4, -0.2) is 69.8 Å². The molecule has 1 amide bonds. The number of aliphatic hydroxyl groups is 1. The first-order valence-electron chi connectivity index (χ1n) is 9.70. The van der Waals surface area contributed by atoms with Crippen molar-refractivity contribution in [2.45, 2.75) is 57.1 Å². The fourth-order valence-electron chi connectivity index (χ4n) is 3.77. The summed E-state index contributed by atoms with van der Waals surface area (Å²) < 4.78 is 0. The zero-order chi connectivity index (χ0) is 19.8. The summed E-state index contributed by atoms with van der Waals surface area (Å²) in [5.41, 5.74) is 0. The van der Waals surface area contributed by atoms with Crippen LogP contribution in [-0.2, 0) is 14.4 Å². The minimum absolute atomic E-state index is 0.233. The Balaban J connectivity index is 1.78. The Kier molecular flexibility index (Phi) is 8.24. The monoisotopic (exact) mass is 382 g/mol. The molecule has 8 heteroatoms. The van der Waals surface area contributed by atoms with E-state index in [1.165, 1.54) is 6.08 Å². The predicted molar refractivity (Wildman–Crippen MR) is 98.1 cm³/mol. The van der Waals surface area contributed by atoms with E-state index in [0.717, 1.165) is 38.6 Å². The van der Waals surface area contributed by atoms with Crippen LogP contribution in [0.5, 0.6) is 0 Å². The van der Waals surface area contributed by atoms with Crippen LogP contribution in [0, 0.1) is 11.8 Å². The molecule has 0 aromatic heterocycles. The summed E-state index contributed by atoms with van der Waals surface area (Å²) in [7, 11) is 0. The van der Waals surface area contributed by atoms with Crippen molar-refractivity contribution < 1.29 is 29.7 Å². The Morgan fingerprint density at radius 3 is 2.44 bits per heavy atom. The average Bonchev–Trinajstić information content (AvgIpc) is 2.64. The maximum Gasteiger partial charge on any atom is 0.326 e. The van der Waals surface area contributed by atoms with Crippen molar-refractivity contribution in [1.29, 1.82) is 0 Å². The van der Waals surface area contributed by atoms with E-state index in [1.807, 2.05) is 4.90 Å². The lowest BCUT2D eigenvalue weighted by Crippen LogP contribution is -2.45. The van der Waals surface area contributed by atoms with Crippen LogP contribution in [0.1, 0.15) is 44.9 Å². The highest BCUT2D eigenvalue weighted by Crippen LogP contribution is 2.25. The number of amides is 1. The van der Waals surface area contributed by atoms with Crippen molar-refractivity contribution in [3.05, 3.63) is 12.2 Å². The molecule has 27 heavy (non-hydrogen) atoms. The molecule has 1 aliphatic heterocycles.